The monoisotopic (exact) mass is 235 g/mol. The Morgan fingerprint density at radius 3 is 3.06 bits per heavy atom. The number of hydrogen-bond acceptors (Lipinski definition) is 4. The second-order valence-electron chi connectivity index (χ2n) is 5.62. The van der Waals surface area contributed by atoms with Crippen LogP contribution in [0, 0.1) is 11.8 Å². The summed E-state index contributed by atoms with van der Waals surface area (Å²) in [5, 5.41) is 7.53. The first-order chi connectivity index (χ1) is 8.33. The lowest BCUT2D eigenvalue weighted by molar-refractivity contribution is 0.325. The van der Waals surface area contributed by atoms with E-state index in [1.54, 1.807) is 0 Å². The predicted octanol–water partition coefficient (Wildman–Crippen LogP) is 2.13. The molecule has 3 atom stereocenters. The SMILES string of the molecule is CC1CC1c1noc(CCC2CCCNC2)n1. The minimum atomic E-state index is 0.573. The van der Waals surface area contributed by atoms with Gasteiger partial charge in [0.2, 0.25) is 5.89 Å². The number of nitrogens with one attached hydrogen (secondary N) is 1. The van der Waals surface area contributed by atoms with E-state index < -0.39 is 0 Å². The maximum Gasteiger partial charge on any atom is 0.226 e. The first-order valence-electron chi connectivity index (χ1n) is 6.86. The van der Waals surface area contributed by atoms with Crippen LogP contribution in [0.4, 0.5) is 0 Å². The third-order valence-corrected chi connectivity index (χ3v) is 4.09. The van der Waals surface area contributed by atoms with Gasteiger partial charge in [-0.25, -0.2) is 0 Å². The largest absolute Gasteiger partial charge is 0.339 e. The van der Waals surface area contributed by atoms with Crippen molar-refractivity contribution < 1.29 is 4.52 Å². The Balaban J connectivity index is 1.49. The topological polar surface area (TPSA) is 51.0 Å². The Bertz CT molecular complexity index is 370. The first-order valence-corrected chi connectivity index (χ1v) is 6.86. The Labute approximate surface area is 102 Å². The van der Waals surface area contributed by atoms with Gasteiger partial charge in [0, 0.05) is 12.3 Å². The van der Waals surface area contributed by atoms with Crippen molar-refractivity contribution in [2.24, 2.45) is 11.8 Å². The average Bonchev–Trinajstić information content (AvgIpc) is 2.92. The lowest BCUT2D eigenvalue weighted by atomic mass is 9.95. The molecule has 4 heteroatoms. The lowest BCUT2D eigenvalue weighted by Gasteiger charge is -2.21. The molecule has 2 heterocycles. The van der Waals surface area contributed by atoms with E-state index in [4.69, 9.17) is 4.52 Å². The molecule has 1 aromatic rings. The molecule has 4 nitrogen and oxygen atoms in total. The van der Waals surface area contributed by atoms with Crippen molar-refractivity contribution in [2.75, 3.05) is 13.1 Å². The highest BCUT2D eigenvalue weighted by Crippen LogP contribution is 2.45. The highest BCUT2D eigenvalue weighted by Gasteiger charge is 2.38. The fourth-order valence-corrected chi connectivity index (χ4v) is 2.70. The molecule has 0 spiro atoms. The normalized spacial score (nSPS) is 32.6. The zero-order valence-electron chi connectivity index (χ0n) is 10.5. The maximum absolute atomic E-state index is 5.32. The molecule has 3 unspecified atom stereocenters. The molecule has 0 bridgehead atoms. The minimum absolute atomic E-state index is 0.573. The first kappa shape index (κ1) is 11.2. The highest BCUT2D eigenvalue weighted by atomic mass is 16.5. The van der Waals surface area contributed by atoms with Gasteiger partial charge in [-0.1, -0.05) is 12.1 Å². The number of rotatable bonds is 4. The average molecular weight is 235 g/mol. The van der Waals surface area contributed by atoms with Gasteiger partial charge in [0.1, 0.15) is 0 Å². The molecule has 1 aliphatic heterocycles. The van der Waals surface area contributed by atoms with Crippen LogP contribution in [0.3, 0.4) is 0 Å². The summed E-state index contributed by atoms with van der Waals surface area (Å²) in [6.45, 7) is 4.58. The second-order valence-corrected chi connectivity index (χ2v) is 5.62. The van der Waals surface area contributed by atoms with E-state index in [-0.39, 0.29) is 0 Å². The summed E-state index contributed by atoms with van der Waals surface area (Å²) in [6, 6.07) is 0. The van der Waals surface area contributed by atoms with E-state index in [0.29, 0.717) is 5.92 Å². The van der Waals surface area contributed by atoms with Gasteiger partial charge in [0.25, 0.3) is 0 Å². The molecule has 1 saturated carbocycles. The van der Waals surface area contributed by atoms with E-state index in [0.717, 1.165) is 36.5 Å². The third kappa shape index (κ3) is 2.68. The van der Waals surface area contributed by atoms with Crippen molar-refractivity contribution in [1.29, 1.82) is 0 Å². The van der Waals surface area contributed by atoms with E-state index >= 15 is 0 Å². The molecule has 0 aromatic carbocycles. The Kier molecular flexibility index (Phi) is 3.14. The fourth-order valence-electron chi connectivity index (χ4n) is 2.70. The van der Waals surface area contributed by atoms with Crippen LogP contribution < -0.4 is 5.32 Å². The third-order valence-electron chi connectivity index (χ3n) is 4.09. The molecule has 1 aliphatic carbocycles. The molecular formula is C13H21N3O. The summed E-state index contributed by atoms with van der Waals surface area (Å²) >= 11 is 0. The summed E-state index contributed by atoms with van der Waals surface area (Å²) in [6.07, 6.45) is 5.99. The van der Waals surface area contributed by atoms with E-state index in [1.165, 1.54) is 32.2 Å². The van der Waals surface area contributed by atoms with Gasteiger partial charge in [-0.2, -0.15) is 4.98 Å². The van der Waals surface area contributed by atoms with Gasteiger partial charge in [0.05, 0.1) is 0 Å². The number of hydrogen-bond donors (Lipinski definition) is 1. The lowest BCUT2D eigenvalue weighted by Crippen LogP contribution is -2.29. The molecule has 17 heavy (non-hydrogen) atoms. The predicted molar refractivity (Wildman–Crippen MR) is 64.7 cm³/mol. The van der Waals surface area contributed by atoms with Gasteiger partial charge < -0.3 is 9.84 Å². The van der Waals surface area contributed by atoms with Crippen LogP contribution in [-0.2, 0) is 6.42 Å². The molecule has 1 aromatic heterocycles. The van der Waals surface area contributed by atoms with Crippen molar-refractivity contribution in [3.63, 3.8) is 0 Å². The van der Waals surface area contributed by atoms with Crippen molar-refractivity contribution in [1.82, 2.24) is 15.5 Å². The van der Waals surface area contributed by atoms with Gasteiger partial charge in [-0.05, 0) is 50.6 Å². The van der Waals surface area contributed by atoms with Crippen LogP contribution in [0.25, 0.3) is 0 Å². The fraction of sp³-hybridized carbons (Fsp3) is 0.846. The molecule has 0 radical (unpaired) electrons. The number of aromatic nitrogens is 2. The van der Waals surface area contributed by atoms with Crippen LogP contribution in [0.2, 0.25) is 0 Å². The minimum Gasteiger partial charge on any atom is -0.339 e. The van der Waals surface area contributed by atoms with Crippen LogP contribution in [-0.4, -0.2) is 23.2 Å². The molecule has 2 aliphatic rings. The van der Waals surface area contributed by atoms with Gasteiger partial charge in [-0.3, -0.25) is 0 Å². The van der Waals surface area contributed by atoms with Crippen molar-refractivity contribution in [2.45, 2.75) is 44.9 Å². The smallest absolute Gasteiger partial charge is 0.226 e. The Morgan fingerprint density at radius 1 is 1.47 bits per heavy atom. The summed E-state index contributed by atoms with van der Waals surface area (Å²) in [5.41, 5.74) is 0. The van der Waals surface area contributed by atoms with Crippen molar-refractivity contribution >= 4 is 0 Å². The quantitative estimate of drug-likeness (QED) is 0.868. The Morgan fingerprint density at radius 2 is 2.35 bits per heavy atom. The van der Waals surface area contributed by atoms with Gasteiger partial charge in [0.15, 0.2) is 5.82 Å². The number of aryl methyl sites for hydroxylation is 1. The van der Waals surface area contributed by atoms with Crippen molar-refractivity contribution in [3.8, 4) is 0 Å². The summed E-state index contributed by atoms with van der Waals surface area (Å²) < 4.78 is 5.32. The molecule has 94 valence electrons. The van der Waals surface area contributed by atoms with E-state index in [2.05, 4.69) is 22.4 Å². The second kappa shape index (κ2) is 4.77. The number of piperidine rings is 1. The van der Waals surface area contributed by atoms with E-state index in [1.807, 2.05) is 0 Å². The summed E-state index contributed by atoms with van der Waals surface area (Å²) in [5.74, 6) is 3.89. The van der Waals surface area contributed by atoms with Crippen LogP contribution in [0.5, 0.6) is 0 Å². The zero-order valence-corrected chi connectivity index (χ0v) is 10.5. The summed E-state index contributed by atoms with van der Waals surface area (Å²) in [4.78, 5) is 4.51. The van der Waals surface area contributed by atoms with Gasteiger partial charge in [-0.15, -0.1) is 0 Å². The highest BCUT2D eigenvalue weighted by molar-refractivity contribution is 5.07. The van der Waals surface area contributed by atoms with Crippen LogP contribution in [0.15, 0.2) is 4.52 Å². The maximum atomic E-state index is 5.32. The van der Waals surface area contributed by atoms with Crippen molar-refractivity contribution in [3.05, 3.63) is 11.7 Å². The Hall–Kier alpha value is -0.900. The van der Waals surface area contributed by atoms with Gasteiger partial charge >= 0.3 is 0 Å². The molecule has 0 amide bonds. The molecule has 2 fully saturated rings. The number of nitrogens with zero attached hydrogens (tertiary/aromatic N) is 2. The van der Waals surface area contributed by atoms with E-state index in [9.17, 15) is 0 Å². The summed E-state index contributed by atoms with van der Waals surface area (Å²) in [7, 11) is 0. The zero-order chi connectivity index (χ0) is 11.7. The molecule has 3 rings (SSSR count). The molecule has 1 N–H and O–H groups in total. The standard InChI is InChI=1S/C13H21N3O/c1-9-7-11(9)13-15-12(17-16-13)5-4-10-3-2-6-14-8-10/h9-11,14H,2-8H2,1H3. The van der Waals surface area contributed by atoms with Crippen LogP contribution >= 0.6 is 0 Å². The van der Waals surface area contributed by atoms with Crippen LogP contribution in [0.1, 0.15) is 50.2 Å². The molecular weight excluding hydrogens is 214 g/mol. The molecule has 1 saturated heterocycles.